The van der Waals surface area contributed by atoms with E-state index in [0.717, 1.165) is 29.8 Å². The van der Waals surface area contributed by atoms with Gasteiger partial charge in [-0.15, -0.1) is 0 Å². The van der Waals surface area contributed by atoms with Gasteiger partial charge in [-0.2, -0.15) is 13.2 Å². The number of hydrogen-bond acceptors (Lipinski definition) is 3. The van der Waals surface area contributed by atoms with Crippen LogP contribution < -0.4 is 5.32 Å². The number of anilines is 1. The number of imidazole rings is 1. The average molecular weight is 382 g/mol. The van der Waals surface area contributed by atoms with Gasteiger partial charge in [0.1, 0.15) is 11.5 Å². The van der Waals surface area contributed by atoms with Gasteiger partial charge >= 0.3 is 6.18 Å². The largest absolute Gasteiger partial charge is 0.416 e. The van der Waals surface area contributed by atoms with Crippen molar-refractivity contribution in [1.29, 1.82) is 0 Å². The summed E-state index contributed by atoms with van der Waals surface area (Å²) in [6.45, 7) is 0. The number of carbonyl (C=O) groups is 1. The number of alkyl halides is 3. The van der Waals surface area contributed by atoms with E-state index in [-0.39, 0.29) is 5.56 Å². The molecular formula is C20H13F3N4O. The maximum absolute atomic E-state index is 12.7. The van der Waals surface area contributed by atoms with Gasteiger partial charge < -0.3 is 5.32 Å². The van der Waals surface area contributed by atoms with E-state index < -0.39 is 17.6 Å². The summed E-state index contributed by atoms with van der Waals surface area (Å²) in [5.74, 6) is 0.236. The number of hydrogen-bond donors (Lipinski definition) is 1. The summed E-state index contributed by atoms with van der Waals surface area (Å²) in [5.41, 5.74) is 0.578. The van der Waals surface area contributed by atoms with Crippen molar-refractivity contribution in [3.05, 3.63) is 84.2 Å². The van der Waals surface area contributed by atoms with Gasteiger partial charge in [-0.3, -0.25) is 9.20 Å². The van der Waals surface area contributed by atoms with Gasteiger partial charge in [-0.1, -0.05) is 30.3 Å². The van der Waals surface area contributed by atoms with Gasteiger partial charge in [0.15, 0.2) is 0 Å². The second kappa shape index (κ2) is 6.80. The lowest BCUT2D eigenvalue weighted by Gasteiger charge is -2.09. The molecule has 0 unspecified atom stereocenters. The highest BCUT2D eigenvalue weighted by molar-refractivity contribution is 6.05. The van der Waals surface area contributed by atoms with Crippen LogP contribution >= 0.6 is 0 Å². The standard InChI is InChI=1S/C20H13F3N4O/c21-20(22,23)15-9-7-14(8-10-15)18(28)26-17-16(13-5-2-1-3-6-13)25-19-24-11-4-12-27(17)19/h1-12H,(H,26,28). The van der Waals surface area contributed by atoms with Crippen LogP contribution in [0.3, 0.4) is 0 Å². The number of fused-ring (bicyclic) bond motifs is 1. The van der Waals surface area contributed by atoms with E-state index in [0.29, 0.717) is 17.3 Å². The predicted octanol–water partition coefficient (Wildman–Crippen LogP) is 4.67. The van der Waals surface area contributed by atoms with Crippen LogP contribution in [-0.2, 0) is 6.18 Å². The molecule has 28 heavy (non-hydrogen) atoms. The highest BCUT2D eigenvalue weighted by Crippen LogP contribution is 2.30. The van der Waals surface area contributed by atoms with Crippen LogP contribution in [0.1, 0.15) is 15.9 Å². The molecule has 8 heteroatoms. The molecule has 1 N–H and O–H groups in total. The predicted molar refractivity (Wildman–Crippen MR) is 97.8 cm³/mol. The van der Waals surface area contributed by atoms with Crippen molar-refractivity contribution >= 4 is 17.5 Å². The highest BCUT2D eigenvalue weighted by atomic mass is 19.4. The third-order valence-electron chi connectivity index (χ3n) is 4.16. The Labute approximate surface area is 157 Å². The molecule has 4 rings (SSSR count). The van der Waals surface area contributed by atoms with E-state index in [4.69, 9.17) is 0 Å². The van der Waals surface area contributed by atoms with Crippen molar-refractivity contribution in [2.75, 3.05) is 5.32 Å². The minimum Gasteiger partial charge on any atom is -0.306 e. The molecule has 4 aromatic rings. The molecule has 0 saturated heterocycles. The summed E-state index contributed by atoms with van der Waals surface area (Å²) in [7, 11) is 0. The van der Waals surface area contributed by atoms with Crippen LogP contribution in [0.15, 0.2) is 73.1 Å². The fourth-order valence-corrected chi connectivity index (χ4v) is 2.79. The van der Waals surface area contributed by atoms with Crippen LogP contribution in [0, 0.1) is 0 Å². The minimum absolute atomic E-state index is 0.103. The second-order valence-corrected chi connectivity index (χ2v) is 5.99. The number of aromatic nitrogens is 3. The second-order valence-electron chi connectivity index (χ2n) is 5.99. The van der Waals surface area contributed by atoms with Gasteiger partial charge in [0.25, 0.3) is 5.91 Å². The summed E-state index contributed by atoms with van der Waals surface area (Å²) in [5, 5.41) is 2.75. The van der Waals surface area contributed by atoms with Crippen LogP contribution in [-0.4, -0.2) is 20.3 Å². The molecule has 2 aromatic carbocycles. The molecule has 1 amide bonds. The maximum Gasteiger partial charge on any atom is 0.416 e. The molecule has 0 atom stereocenters. The smallest absolute Gasteiger partial charge is 0.306 e. The summed E-state index contributed by atoms with van der Waals surface area (Å²) in [4.78, 5) is 21.3. The average Bonchev–Trinajstić information content (AvgIpc) is 3.06. The lowest BCUT2D eigenvalue weighted by molar-refractivity contribution is -0.137. The molecule has 2 heterocycles. The number of benzene rings is 2. The van der Waals surface area contributed by atoms with Gasteiger partial charge in [0, 0.05) is 23.5 Å². The zero-order valence-corrected chi connectivity index (χ0v) is 14.3. The van der Waals surface area contributed by atoms with Crippen LogP contribution in [0.2, 0.25) is 0 Å². The fraction of sp³-hybridized carbons (Fsp3) is 0.0500. The first-order valence-electron chi connectivity index (χ1n) is 8.30. The SMILES string of the molecule is O=C(Nc1c(-c2ccccc2)nc2ncccn12)c1ccc(C(F)(F)F)cc1. The monoisotopic (exact) mass is 382 g/mol. The molecule has 5 nitrogen and oxygen atoms in total. The fourth-order valence-electron chi connectivity index (χ4n) is 2.79. The summed E-state index contributed by atoms with van der Waals surface area (Å²) >= 11 is 0. The normalized spacial score (nSPS) is 11.5. The molecule has 0 radical (unpaired) electrons. The first-order valence-corrected chi connectivity index (χ1v) is 8.30. The number of rotatable bonds is 3. The quantitative estimate of drug-likeness (QED) is 0.560. The van der Waals surface area contributed by atoms with Crippen LogP contribution in [0.5, 0.6) is 0 Å². The summed E-state index contributed by atoms with van der Waals surface area (Å²) < 4.78 is 39.8. The van der Waals surface area contributed by atoms with Crippen molar-refractivity contribution in [3.63, 3.8) is 0 Å². The summed E-state index contributed by atoms with van der Waals surface area (Å²) in [6.07, 6.45) is -1.18. The minimum atomic E-state index is -4.46. The summed E-state index contributed by atoms with van der Waals surface area (Å²) in [6, 6.07) is 15.0. The van der Waals surface area contributed by atoms with E-state index >= 15 is 0 Å². The Morgan fingerprint density at radius 2 is 1.68 bits per heavy atom. The Morgan fingerprint density at radius 1 is 0.964 bits per heavy atom. The van der Waals surface area contributed by atoms with Crippen molar-refractivity contribution < 1.29 is 18.0 Å². The van der Waals surface area contributed by atoms with Gasteiger partial charge in [0.05, 0.1) is 5.56 Å². The molecule has 140 valence electrons. The Kier molecular flexibility index (Phi) is 4.31. The van der Waals surface area contributed by atoms with Crippen LogP contribution in [0.4, 0.5) is 19.0 Å². The molecule has 2 aromatic heterocycles. The first kappa shape index (κ1) is 17.7. The molecular weight excluding hydrogens is 369 g/mol. The Morgan fingerprint density at radius 3 is 2.36 bits per heavy atom. The highest BCUT2D eigenvalue weighted by Gasteiger charge is 2.30. The molecule has 0 aliphatic rings. The van der Waals surface area contributed by atoms with Gasteiger partial charge in [0.2, 0.25) is 5.78 Å². The van der Waals surface area contributed by atoms with Gasteiger partial charge in [-0.05, 0) is 30.3 Å². The molecule has 0 fully saturated rings. The topological polar surface area (TPSA) is 59.3 Å². The van der Waals surface area contributed by atoms with Crippen molar-refractivity contribution in [1.82, 2.24) is 14.4 Å². The molecule has 0 aliphatic carbocycles. The Hall–Kier alpha value is -3.68. The van der Waals surface area contributed by atoms with Crippen molar-refractivity contribution in [3.8, 4) is 11.3 Å². The molecule has 0 spiro atoms. The molecule has 0 saturated carbocycles. The Bertz CT molecular complexity index is 1140. The first-order chi connectivity index (χ1) is 13.4. The zero-order chi connectivity index (χ0) is 19.7. The van der Waals surface area contributed by atoms with Crippen molar-refractivity contribution in [2.45, 2.75) is 6.18 Å². The van der Waals surface area contributed by atoms with E-state index in [1.54, 1.807) is 22.9 Å². The number of amides is 1. The Balaban J connectivity index is 1.72. The van der Waals surface area contributed by atoms with Crippen molar-refractivity contribution in [2.24, 2.45) is 0 Å². The lowest BCUT2D eigenvalue weighted by atomic mass is 10.1. The van der Waals surface area contributed by atoms with E-state index in [1.807, 2.05) is 30.3 Å². The van der Waals surface area contributed by atoms with Gasteiger partial charge in [-0.25, -0.2) is 9.97 Å². The lowest BCUT2D eigenvalue weighted by Crippen LogP contribution is -2.14. The number of halogens is 3. The third kappa shape index (κ3) is 3.32. The maximum atomic E-state index is 12.7. The third-order valence-corrected chi connectivity index (χ3v) is 4.16. The number of nitrogens with one attached hydrogen (secondary N) is 1. The van der Waals surface area contributed by atoms with E-state index in [9.17, 15) is 18.0 Å². The van der Waals surface area contributed by atoms with E-state index in [1.165, 1.54) is 0 Å². The van der Waals surface area contributed by atoms with E-state index in [2.05, 4.69) is 15.3 Å². The molecule has 0 bridgehead atoms. The molecule has 0 aliphatic heterocycles. The number of nitrogens with zero attached hydrogens (tertiary/aromatic N) is 3. The number of carbonyl (C=O) groups excluding carboxylic acids is 1. The zero-order valence-electron chi connectivity index (χ0n) is 14.3. The van der Waals surface area contributed by atoms with Crippen LogP contribution in [0.25, 0.3) is 17.0 Å².